The number of hydrogen-bond donors (Lipinski definition) is 1. The zero-order chi connectivity index (χ0) is 15.0. The van der Waals surface area contributed by atoms with Crippen LogP contribution < -0.4 is 5.73 Å². The van der Waals surface area contributed by atoms with Crippen LogP contribution in [-0.4, -0.2) is 39.2 Å². The van der Waals surface area contributed by atoms with Gasteiger partial charge in [0.15, 0.2) is 10.8 Å². The first-order chi connectivity index (χ1) is 10.1. The molecule has 0 radical (unpaired) electrons. The highest BCUT2D eigenvalue weighted by Gasteiger charge is 2.29. The highest BCUT2D eigenvalue weighted by Crippen LogP contribution is 2.23. The van der Waals surface area contributed by atoms with E-state index in [9.17, 15) is 9.59 Å². The van der Waals surface area contributed by atoms with Crippen LogP contribution in [0.25, 0.3) is 5.65 Å². The lowest BCUT2D eigenvalue weighted by Gasteiger charge is -2.30. The number of pyridine rings is 1. The average molecular weight is 307 g/mol. The molecule has 6 nitrogen and oxygen atoms in total. The van der Waals surface area contributed by atoms with Crippen molar-refractivity contribution in [2.24, 2.45) is 11.7 Å². The Kier molecular flexibility index (Phi) is 3.55. The Morgan fingerprint density at radius 3 is 2.67 bits per heavy atom. The molecule has 0 spiro atoms. The number of nitrogens with zero attached hydrogens (tertiary/aromatic N) is 3. The van der Waals surface area contributed by atoms with E-state index < -0.39 is 0 Å². The molecule has 1 fully saturated rings. The Labute approximate surface area is 126 Å². The van der Waals surface area contributed by atoms with Crippen LogP contribution >= 0.6 is 11.6 Å². The Morgan fingerprint density at radius 2 is 2.00 bits per heavy atom. The lowest BCUT2D eigenvalue weighted by Crippen LogP contribution is -2.42. The fraction of sp³-hybridized carbons (Fsp3) is 0.357. The summed E-state index contributed by atoms with van der Waals surface area (Å²) in [4.78, 5) is 29.7. The summed E-state index contributed by atoms with van der Waals surface area (Å²) in [6.07, 6.45) is 2.95. The fourth-order valence-electron chi connectivity index (χ4n) is 2.68. The zero-order valence-electron chi connectivity index (χ0n) is 11.3. The van der Waals surface area contributed by atoms with Crippen LogP contribution in [0.2, 0.25) is 5.15 Å². The van der Waals surface area contributed by atoms with E-state index in [1.807, 2.05) is 12.1 Å². The van der Waals surface area contributed by atoms with Crippen molar-refractivity contribution >= 4 is 29.1 Å². The Bertz CT molecular complexity index is 704. The Hall–Kier alpha value is -2.08. The van der Waals surface area contributed by atoms with Crippen molar-refractivity contribution in [1.29, 1.82) is 0 Å². The lowest BCUT2D eigenvalue weighted by molar-refractivity contribution is -0.123. The third-order valence-corrected chi connectivity index (χ3v) is 4.14. The van der Waals surface area contributed by atoms with Crippen molar-refractivity contribution in [3.63, 3.8) is 0 Å². The summed E-state index contributed by atoms with van der Waals surface area (Å²) >= 11 is 6.11. The number of halogens is 1. The molecule has 0 aromatic carbocycles. The minimum atomic E-state index is -0.296. The number of fused-ring (bicyclic) bond motifs is 1. The number of imidazole rings is 1. The predicted molar refractivity (Wildman–Crippen MR) is 78.0 cm³/mol. The van der Waals surface area contributed by atoms with E-state index >= 15 is 0 Å². The van der Waals surface area contributed by atoms with Crippen LogP contribution in [-0.2, 0) is 4.79 Å². The highest BCUT2D eigenvalue weighted by molar-refractivity contribution is 6.32. The first-order valence-corrected chi connectivity index (χ1v) is 7.17. The van der Waals surface area contributed by atoms with Crippen LogP contribution in [0, 0.1) is 5.92 Å². The molecule has 2 aromatic heterocycles. The molecule has 7 heteroatoms. The number of primary amides is 1. The largest absolute Gasteiger partial charge is 0.369 e. The SMILES string of the molecule is NC(=O)C1CCN(C(=O)c2c(Cl)nc3ccccn23)CC1. The number of aromatic nitrogens is 2. The molecule has 0 saturated carbocycles. The normalized spacial score (nSPS) is 16.3. The standard InChI is InChI=1S/C14H15ClN4O2/c15-12-11(19-6-2-1-3-10(19)17-12)14(21)18-7-4-9(5-8-18)13(16)20/h1-3,6,9H,4-5,7-8H2,(H2,16,20). The van der Waals surface area contributed by atoms with Crippen LogP contribution in [0.4, 0.5) is 0 Å². The first kappa shape index (κ1) is 13.9. The second kappa shape index (κ2) is 5.37. The summed E-state index contributed by atoms with van der Waals surface area (Å²) in [5.74, 6) is -0.608. The van der Waals surface area contributed by atoms with E-state index in [1.165, 1.54) is 0 Å². The summed E-state index contributed by atoms with van der Waals surface area (Å²) in [5, 5.41) is 0.197. The number of rotatable bonds is 2. The second-order valence-corrected chi connectivity index (χ2v) is 5.51. The van der Waals surface area contributed by atoms with Gasteiger partial charge in [0.25, 0.3) is 5.91 Å². The van der Waals surface area contributed by atoms with Gasteiger partial charge in [0.05, 0.1) is 0 Å². The molecule has 2 N–H and O–H groups in total. The molecule has 0 aliphatic carbocycles. The molecular weight excluding hydrogens is 292 g/mol. The lowest BCUT2D eigenvalue weighted by atomic mass is 9.96. The van der Waals surface area contributed by atoms with E-state index in [2.05, 4.69) is 4.98 Å². The topological polar surface area (TPSA) is 80.7 Å². The highest BCUT2D eigenvalue weighted by atomic mass is 35.5. The molecule has 0 bridgehead atoms. The third kappa shape index (κ3) is 2.47. The van der Waals surface area contributed by atoms with Crippen LogP contribution in [0.1, 0.15) is 23.3 Å². The van der Waals surface area contributed by atoms with E-state index in [4.69, 9.17) is 17.3 Å². The van der Waals surface area contributed by atoms with Gasteiger partial charge in [0, 0.05) is 25.2 Å². The van der Waals surface area contributed by atoms with Crippen LogP contribution in [0.3, 0.4) is 0 Å². The van der Waals surface area contributed by atoms with E-state index in [-0.39, 0.29) is 22.9 Å². The van der Waals surface area contributed by atoms with E-state index in [1.54, 1.807) is 21.6 Å². The van der Waals surface area contributed by atoms with Gasteiger partial charge in [0.1, 0.15) is 5.65 Å². The van der Waals surface area contributed by atoms with Crippen LogP contribution in [0.15, 0.2) is 24.4 Å². The van der Waals surface area contributed by atoms with Gasteiger partial charge in [-0.1, -0.05) is 17.7 Å². The molecule has 3 heterocycles. The van der Waals surface area contributed by atoms with E-state index in [0.717, 1.165) is 0 Å². The Balaban J connectivity index is 1.85. The molecule has 2 aromatic rings. The molecule has 2 amide bonds. The number of carbonyl (C=O) groups is 2. The number of hydrogen-bond acceptors (Lipinski definition) is 3. The van der Waals surface area contributed by atoms with Gasteiger partial charge in [0.2, 0.25) is 5.91 Å². The summed E-state index contributed by atoms with van der Waals surface area (Å²) in [6.45, 7) is 1.01. The first-order valence-electron chi connectivity index (χ1n) is 6.79. The second-order valence-electron chi connectivity index (χ2n) is 5.15. The molecule has 1 aliphatic rings. The zero-order valence-corrected chi connectivity index (χ0v) is 12.1. The maximum absolute atomic E-state index is 12.6. The molecule has 0 unspecified atom stereocenters. The number of amides is 2. The molecule has 1 saturated heterocycles. The van der Waals surface area contributed by atoms with Crippen LogP contribution in [0.5, 0.6) is 0 Å². The van der Waals surface area contributed by atoms with Gasteiger partial charge >= 0.3 is 0 Å². The number of nitrogens with two attached hydrogens (primary N) is 1. The van der Waals surface area contributed by atoms with Crippen molar-refractivity contribution in [2.75, 3.05) is 13.1 Å². The van der Waals surface area contributed by atoms with Gasteiger partial charge in [-0.05, 0) is 25.0 Å². The minimum Gasteiger partial charge on any atom is -0.369 e. The summed E-state index contributed by atoms with van der Waals surface area (Å²) < 4.78 is 1.69. The molecule has 21 heavy (non-hydrogen) atoms. The maximum atomic E-state index is 12.6. The monoisotopic (exact) mass is 306 g/mol. The maximum Gasteiger partial charge on any atom is 0.274 e. The van der Waals surface area contributed by atoms with Gasteiger partial charge in [-0.3, -0.25) is 14.0 Å². The summed E-state index contributed by atoms with van der Waals surface area (Å²) in [7, 11) is 0. The van der Waals surface area contributed by atoms with Gasteiger partial charge in [-0.2, -0.15) is 0 Å². The van der Waals surface area contributed by atoms with Crippen molar-refractivity contribution in [3.05, 3.63) is 35.2 Å². The number of carbonyl (C=O) groups excluding carboxylic acids is 2. The Morgan fingerprint density at radius 1 is 1.29 bits per heavy atom. The van der Waals surface area contributed by atoms with E-state index in [0.29, 0.717) is 37.3 Å². The van der Waals surface area contributed by atoms with Gasteiger partial charge in [-0.15, -0.1) is 0 Å². The molecule has 1 aliphatic heterocycles. The number of likely N-dealkylation sites (tertiary alicyclic amines) is 1. The minimum absolute atomic E-state index is 0.147. The van der Waals surface area contributed by atoms with Crippen molar-refractivity contribution in [3.8, 4) is 0 Å². The van der Waals surface area contributed by atoms with Crippen molar-refractivity contribution < 1.29 is 9.59 Å². The quantitative estimate of drug-likeness (QED) is 0.908. The average Bonchev–Trinajstić information content (AvgIpc) is 2.82. The van der Waals surface area contributed by atoms with Gasteiger partial charge < -0.3 is 10.6 Å². The molecule has 3 rings (SSSR count). The molecule has 110 valence electrons. The smallest absolute Gasteiger partial charge is 0.274 e. The molecular formula is C14H15ClN4O2. The fourth-order valence-corrected chi connectivity index (χ4v) is 2.93. The summed E-state index contributed by atoms with van der Waals surface area (Å²) in [6, 6.07) is 5.45. The predicted octanol–water partition coefficient (Wildman–Crippen LogP) is 1.33. The summed E-state index contributed by atoms with van der Waals surface area (Å²) in [5.41, 5.74) is 6.31. The third-order valence-electron chi connectivity index (χ3n) is 3.87. The number of piperidine rings is 1. The molecule has 0 atom stereocenters. The van der Waals surface area contributed by atoms with Crippen molar-refractivity contribution in [2.45, 2.75) is 12.8 Å². The van der Waals surface area contributed by atoms with Crippen molar-refractivity contribution in [1.82, 2.24) is 14.3 Å². The van der Waals surface area contributed by atoms with Gasteiger partial charge in [-0.25, -0.2) is 4.98 Å².